The molecule has 0 aliphatic carbocycles. The van der Waals surface area contributed by atoms with Crippen LogP contribution in [-0.2, 0) is 11.2 Å². The van der Waals surface area contributed by atoms with Gasteiger partial charge in [-0.05, 0) is 66.9 Å². The van der Waals surface area contributed by atoms with Gasteiger partial charge in [-0.3, -0.25) is 9.59 Å². The fraction of sp³-hybridized carbons (Fsp3) is 0.200. The first kappa shape index (κ1) is 21.6. The smallest absolute Gasteiger partial charge is 0.253 e. The molecule has 3 aromatic carbocycles. The van der Waals surface area contributed by atoms with Gasteiger partial charge >= 0.3 is 0 Å². The van der Waals surface area contributed by atoms with E-state index in [-0.39, 0.29) is 11.8 Å². The summed E-state index contributed by atoms with van der Waals surface area (Å²) in [5.41, 5.74) is 1.28. The molecule has 1 fully saturated rings. The van der Waals surface area contributed by atoms with E-state index in [1.807, 2.05) is 54.6 Å². The van der Waals surface area contributed by atoms with E-state index in [1.54, 1.807) is 29.2 Å². The van der Waals surface area contributed by atoms with Gasteiger partial charge in [0, 0.05) is 33.7 Å². The van der Waals surface area contributed by atoms with Gasteiger partial charge in [0.05, 0.1) is 0 Å². The molecule has 1 aliphatic heterocycles. The number of anilines is 1. The predicted molar refractivity (Wildman–Crippen MR) is 128 cm³/mol. The molecule has 6 heteroatoms. The van der Waals surface area contributed by atoms with Crippen LogP contribution in [0, 0.1) is 0 Å². The van der Waals surface area contributed by atoms with Crippen molar-refractivity contribution in [3.05, 3.63) is 99.5 Å². The highest BCUT2D eigenvalue weighted by Gasteiger charge is 2.45. The zero-order chi connectivity index (χ0) is 21.8. The minimum Gasteiger partial charge on any atom is -0.337 e. The minimum absolute atomic E-state index is 0.0905. The number of rotatable bonds is 5. The number of halogens is 2. The number of benzene rings is 3. The Bertz CT molecular complexity index is 1070. The largest absolute Gasteiger partial charge is 0.337 e. The van der Waals surface area contributed by atoms with Crippen LogP contribution >= 0.6 is 27.5 Å². The van der Waals surface area contributed by atoms with Crippen LogP contribution in [0.1, 0.15) is 28.8 Å². The second-order valence-electron chi connectivity index (χ2n) is 7.74. The predicted octanol–water partition coefficient (Wildman–Crippen LogP) is 5.64. The molecule has 0 aromatic heterocycles. The second kappa shape index (κ2) is 9.25. The third-order valence-corrected chi connectivity index (χ3v) is 6.37. The van der Waals surface area contributed by atoms with Crippen LogP contribution in [-0.4, -0.2) is 23.9 Å². The number of hydrogen-bond donors (Lipinski definition) is 1. The van der Waals surface area contributed by atoms with Crippen LogP contribution in [0.2, 0.25) is 5.02 Å². The Kier molecular flexibility index (Phi) is 6.44. The Hall–Kier alpha value is -2.63. The first-order valence-corrected chi connectivity index (χ1v) is 11.3. The van der Waals surface area contributed by atoms with E-state index in [0.717, 1.165) is 22.1 Å². The molecular weight excluding hydrogens is 476 g/mol. The van der Waals surface area contributed by atoms with Gasteiger partial charge in [-0.25, -0.2) is 0 Å². The fourth-order valence-electron chi connectivity index (χ4n) is 4.03. The van der Waals surface area contributed by atoms with Crippen molar-refractivity contribution in [2.24, 2.45) is 0 Å². The Morgan fingerprint density at radius 1 is 1.00 bits per heavy atom. The van der Waals surface area contributed by atoms with Crippen molar-refractivity contribution >= 4 is 45.0 Å². The summed E-state index contributed by atoms with van der Waals surface area (Å²) in [6.07, 6.45) is 1.79. The minimum atomic E-state index is -1.02. The Balaban J connectivity index is 1.68. The molecule has 158 valence electrons. The summed E-state index contributed by atoms with van der Waals surface area (Å²) < 4.78 is 0.951. The van der Waals surface area contributed by atoms with Crippen LogP contribution in [0.15, 0.2) is 83.3 Å². The lowest BCUT2D eigenvalue weighted by Crippen LogP contribution is -2.64. The molecule has 0 bridgehead atoms. The van der Waals surface area contributed by atoms with Crippen LogP contribution in [0.3, 0.4) is 0 Å². The lowest BCUT2D eigenvalue weighted by atomic mass is 9.81. The number of nitrogens with one attached hydrogen (secondary N) is 1. The molecule has 31 heavy (non-hydrogen) atoms. The first-order valence-electron chi connectivity index (χ1n) is 10.2. The van der Waals surface area contributed by atoms with Crippen molar-refractivity contribution in [1.82, 2.24) is 5.32 Å². The molecule has 1 atom stereocenters. The molecule has 0 radical (unpaired) electrons. The number of carbonyl (C=O) groups excluding carboxylic acids is 2. The average molecular weight is 498 g/mol. The lowest BCUT2D eigenvalue weighted by Gasteiger charge is -2.42. The number of piperidine rings is 1. The van der Waals surface area contributed by atoms with Crippen molar-refractivity contribution in [2.75, 3.05) is 11.4 Å². The SMILES string of the molecule is O=C(NC1(Cc2ccccc2)CCCN(c2ccc(Br)cc2)C1=O)c1ccc(Cl)cc1. The summed E-state index contributed by atoms with van der Waals surface area (Å²) in [7, 11) is 0. The third kappa shape index (κ3) is 4.83. The molecule has 4 nitrogen and oxygen atoms in total. The fourth-order valence-corrected chi connectivity index (χ4v) is 4.42. The molecule has 1 heterocycles. The van der Waals surface area contributed by atoms with Crippen molar-refractivity contribution in [1.29, 1.82) is 0 Å². The summed E-state index contributed by atoms with van der Waals surface area (Å²) in [4.78, 5) is 28.7. The van der Waals surface area contributed by atoms with Crippen LogP contribution in [0.25, 0.3) is 0 Å². The molecule has 1 unspecified atom stereocenters. The van der Waals surface area contributed by atoms with Crippen molar-refractivity contribution < 1.29 is 9.59 Å². The Labute approximate surface area is 195 Å². The molecule has 1 N–H and O–H groups in total. The van der Waals surface area contributed by atoms with Gasteiger partial charge in [-0.1, -0.05) is 57.9 Å². The van der Waals surface area contributed by atoms with E-state index < -0.39 is 5.54 Å². The number of nitrogens with zero attached hydrogens (tertiary/aromatic N) is 1. The van der Waals surface area contributed by atoms with Gasteiger partial charge in [0.2, 0.25) is 0 Å². The maximum Gasteiger partial charge on any atom is 0.253 e. The van der Waals surface area contributed by atoms with Crippen molar-refractivity contribution in [3.63, 3.8) is 0 Å². The standard InChI is InChI=1S/C25H22BrClN2O2/c26-20-9-13-22(14-10-20)29-16-4-15-25(24(29)31,17-18-5-2-1-3-6-18)28-23(30)19-7-11-21(27)12-8-19/h1-3,5-14H,4,15-17H2,(H,28,30). The lowest BCUT2D eigenvalue weighted by molar-refractivity contribution is -0.126. The number of amides is 2. The summed E-state index contributed by atoms with van der Waals surface area (Å²) >= 11 is 9.41. The van der Waals surface area contributed by atoms with Gasteiger partial charge in [-0.15, -0.1) is 0 Å². The van der Waals surface area contributed by atoms with Crippen molar-refractivity contribution in [3.8, 4) is 0 Å². The van der Waals surface area contributed by atoms with Gasteiger partial charge < -0.3 is 10.2 Å². The van der Waals surface area contributed by atoms with Gasteiger partial charge in [0.15, 0.2) is 0 Å². The number of hydrogen-bond acceptors (Lipinski definition) is 2. The van der Waals surface area contributed by atoms with E-state index in [9.17, 15) is 9.59 Å². The summed E-state index contributed by atoms with van der Waals surface area (Å²) in [6, 6.07) is 24.2. The zero-order valence-electron chi connectivity index (χ0n) is 16.9. The quantitative estimate of drug-likeness (QED) is 0.496. The van der Waals surface area contributed by atoms with E-state index in [1.165, 1.54) is 0 Å². The maximum absolute atomic E-state index is 13.8. The van der Waals surface area contributed by atoms with E-state index in [4.69, 9.17) is 11.6 Å². The van der Waals surface area contributed by atoms with Gasteiger partial charge in [0.25, 0.3) is 11.8 Å². The van der Waals surface area contributed by atoms with Crippen LogP contribution < -0.4 is 10.2 Å². The molecule has 0 spiro atoms. The summed E-state index contributed by atoms with van der Waals surface area (Å²) in [6.45, 7) is 0.619. The summed E-state index contributed by atoms with van der Waals surface area (Å²) in [5.74, 6) is -0.370. The summed E-state index contributed by atoms with van der Waals surface area (Å²) in [5, 5.41) is 3.66. The van der Waals surface area contributed by atoms with Crippen LogP contribution in [0.4, 0.5) is 5.69 Å². The van der Waals surface area contributed by atoms with E-state index in [2.05, 4.69) is 21.2 Å². The highest BCUT2D eigenvalue weighted by molar-refractivity contribution is 9.10. The first-order chi connectivity index (χ1) is 15.0. The highest BCUT2D eigenvalue weighted by Crippen LogP contribution is 2.31. The normalized spacial score (nSPS) is 18.6. The van der Waals surface area contributed by atoms with E-state index >= 15 is 0 Å². The maximum atomic E-state index is 13.8. The number of carbonyl (C=O) groups is 2. The Morgan fingerprint density at radius 3 is 2.35 bits per heavy atom. The monoisotopic (exact) mass is 496 g/mol. The molecule has 2 amide bonds. The zero-order valence-corrected chi connectivity index (χ0v) is 19.2. The van der Waals surface area contributed by atoms with E-state index in [0.29, 0.717) is 30.0 Å². The van der Waals surface area contributed by atoms with Gasteiger partial charge in [-0.2, -0.15) is 0 Å². The van der Waals surface area contributed by atoms with Crippen molar-refractivity contribution in [2.45, 2.75) is 24.8 Å². The van der Waals surface area contributed by atoms with Crippen LogP contribution in [0.5, 0.6) is 0 Å². The molecule has 0 saturated carbocycles. The third-order valence-electron chi connectivity index (χ3n) is 5.59. The molecule has 1 aliphatic rings. The highest BCUT2D eigenvalue weighted by atomic mass is 79.9. The molecule has 3 aromatic rings. The molecular formula is C25H22BrClN2O2. The van der Waals surface area contributed by atoms with Gasteiger partial charge in [0.1, 0.15) is 5.54 Å². The topological polar surface area (TPSA) is 49.4 Å². The Morgan fingerprint density at radius 2 is 1.68 bits per heavy atom. The molecule has 1 saturated heterocycles. The molecule has 4 rings (SSSR count). The average Bonchev–Trinajstić information content (AvgIpc) is 2.77. The second-order valence-corrected chi connectivity index (χ2v) is 9.09.